The van der Waals surface area contributed by atoms with E-state index in [4.69, 9.17) is 0 Å². The molecule has 5 nitrogen and oxygen atoms in total. The summed E-state index contributed by atoms with van der Waals surface area (Å²) in [5.74, 6) is 2.95. The van der Waals surface area contributed by atoms with Crippen molar-refractivity contribution in [3.8, 4) is 0 Å². The van der Waals surface area contributed by atoms with Crippen molar-refractivity contribution in [1.82, 2.24) is 20.1 Å². The van der Waals surface area contributed by atoms with Crippen LogP contribution in [0.2, 0.25) is 0 Å². The van der Waals surface area contributed by atoms with Gasteiger partial charge in [0.1, 0.15) is 12.7 Å². The van der Waals surface area contributed by atoms with Crippen molar-refractivity contribution >= 4 is 5.91 Å². The summed E-state index contributed by atoms with van der Waals surface area (Å²) in [7, 11) is 0. The van der Waals surface area contributed by atoms with Crippen molar-refractivity contribution in [3.05, 3.63) is 12.7 Å². The number of amides is 1. The monoisotopic (exact) mass is 302 g/mol. The van der Waals surface area contributed by atoms with Crippen LogP contribution < -0.4 is 5.32 Å². The lowest BCUT2D eigenvalue weighted by Crippen LogP contribution is -2.55. The number of carbonyl (C=O) groups is 1. The Balaban J connectivity index is 1.35. The molecule has 4 aliphatic rings. The van der Waals surface area contributed by atoms with Gasteiger partial charge in [0.2, 0.25) is 5.91 Å². The molecule has 1 N–H and O–H groups in total. The maximum absolute atomic E-state index is 12.3. The van der Waals surface area contributed by atoms with Crippen molar-refractivity contribution < 1.29 is 4.79 Å². The molecule has 4 bridgehead atoms. The van der Waals surface area contributed by atoms with Crippen LogP contribution in [0.25, 0.3) is 0 Å². The Kier molecular flexibility index (Phi) is 3.46. The highest BCUT2D eigenvalue weighted by molar-refractivity contribution is 5.76. The Morgan fingerprint density at radius 1 is 1.27 bits per heavy atom. The first kappa shape index (κ1) is 14.2. The van der Waals surface area contributed by atoms with Crippen LogP contribution in [0.4, 0.5) is 0 Å². The van der Waals surface area contributed by atoms with Crippen LogP contribution in [0.1, 0.15) is 51.9 Å². The van der Waals surface area contributed by atoms with Crippen molar-refractivity contribution in [2.24, 2.45) is 23.2 Å². The van der Waals surface area contributed by atoms with Gasteiger partial charge in [0.25, 0.3) is 0 Å². The van der Waals surface area contributed by atoms with Crippen LogP contribution in [-0.2, 0) is 11.3 Å². The molecule has 5 rings (SSSR count). The van der Waals surface area contributed by atoms with Gasteiger partial charge in [0, 0.05) is 12.5 Å². The molecule has 22 heavy (non-hydrogen) atoms. The fraction of sp³-hybridized carbons (Fsp3) is 0.824. The number of carbonyl (C=O) groups excluding carboxylic acids is 1. The minimum absolute atomic E-state index is 0.152. The van der Waals surface area contributed by atoms with E-state index >= 15 is 0 Å². The van der Waals surface area contributed by atoms with E-state index in [1.807, 2.05) is 0 Å². The Labute approximate surface area is 131 Å². The van der Waals surface area contributed by atoms with E-state index in [1.54, 1.807) is 11.0 Å². The van der Waals surface area contributed by atoms with Crippen molar-refractivity contribution in [2.45, 2.75) is 64.5 Å². The first-order valence-corrected chi connectivity index (χ1v) is 8.75. The first-order chi connectivity index (χ1) is 10.6. The van der Waals surface area contributed by atoms with Crippen molar-refractivity contribution in [1.29, 1.82) is 0 Å². The van der Waals surface area contributed by atoms with Gasteiger partial charge < -0.3 is 5.32 Å². The lowest BCUT2D eigenvalue weighted by atomic mass is 9.48. The Hall–Kier alpha value is -1.39. The lowest BCUT2D eigenvalue weighted by molar-refractivity contribution is -0.126. The summed E-state index contributed by atoms with van der Waals surface area (Å²) in [6.07, 6.45) is 12.0. The van der Waals surface area contributed by atoms with Gasteiger partial charge in [-0.25, -0.2) is 4.98 Å². The standard InChI is InChI=1S/C17H26N4O/c1-12(20-16(22)2-3-21-11-18-10-19-21)17-7-13-4-14(8-17)6-15(5-13)9-17/h10-15H,2-9H2,1H3,(H,20,22)/t12-,13?,14?,15?,17?/m1/s1. The number of nitrogens with one attached hydrogen (secondary N) is 1. The zero-order valence-electron chi connectivity index (χ0n) is 13.4. The SMILES string of the molecule is C[C@@H](NC(=O)CCn1cncn1)C12CC3CC(CC(C3)C1)C2. The second kappa shape index (κ2) is 5.36. The highest BCUT2D eigenvalue weighted by Gasteiger charge is 2.53. The molecule has 0 spiro atoms. The Bertz CT molecular complexity index is 504. The third-order valence-electron chi connectivity index (χ3n) is 6.42. The summed E-state index contributed by atoms with van der Waals surface area (Å²) in [5.41, 5.74) is 0.387. The van der Waals surface area contributed by atoms with Gasteiger partial charge in [-0.05, 0) is 68.6 Å². The van der Waals surface area contributed by atoms with Crippen LogP contribution in [0.15, 0.2) is 12.7 Å². The second-order valence-electron chi connectivity index (χ2n) is 7.98. The molecule has 120 valence electrons. The molecular weight excluding hydrogens is 276 g/mol. The van der Waals surface area contributed by atoms with E-state index in [9.17, 15) is 4.79 Å². The van der Waals surface area contributed by atoms with Gasteiger partial charge in [-0.1, -0.05) is 0 Å². The molecule has 0 radical (unpaired) electrons. The molecule has 1 amide bonds. The van der Waals surface area contributed by atoms with Crippen LogP contribution in [0.5, 0.6) is 0 Å². The van der Waals surface area contributed by atoms with Crippen LogP contribution in [0, 0.1) is 23.2 Å². The van der Waals surface area contributed by atoms with Crippen LogP contribution in [-0.4, -0.2) is 26.7 Å². The average molecular weight is 302 g/mol. The molecule has 0 unspecified atom stereocenters. The second-order valence-corrected chi connectivity index (χ2v) is 7.98. The summed E-state index contributed by atoms with van der Waals surface area (Å²) in [6, 6.07) is 0.309. The van der Waals surface area contributed by atoms with E-state index < -0.39 is 0 Å². The third-order valence-corrected chi connectivity index (χ3v) is 6.42. The zero-order chi connectivity index (χ0) is 15.2. The highest BCUT2D eigenvalue weighted by Crippen LogP contribution is 2.61. The molecule has 1 atom stereocenters. The van der Waals surface area contributed by atoms with Gasteiger partial charge in [-0.15, -0.1) is 0 Å². The maximum atomic E-state index is 12.3. The minimum Gasteiger partial charge on any atom is -0.353 e. The smallest absolute Gasteiger partial charge is 0.222 e. The molecule has 4 saturated carbocycles. The van der Waals surface area contributed by atoms with Crippen LogP contribution >= 0.6 is 0 Å². The molecule has 1 aromatic rings. The fourth-order valence-corrected chi connectivity index (χ4v) is 5.74. The third kappa shape index (κ3) is 2.55. The summed E-state index contributed by atoms with van der Waals surface area (Å²) in [6.45, 7) is 2.85. The number of aryl methyl sites for hydroxylation is 1. The molecular formula is C17H26N4O. The molecule has 1 aromatic heterocycles. The van der Waals surface area contributed by atoms with E-state index in [1.165, 1.54) is 44.9 Å². The number of nitrogens with zero attached hydrogens (tertiary/aromatic N) is 3. The predicted molar refractivity (Wildman–Crippen MR) is 82.8 cm³/mol. The summed E-state index contributed by atoms with van der Waals surface area (Å²) in [5, 5.41) is 7.35. The normalized spacial score (nSPS) is 37.2. The average Bonchev–Trinajstić information content (AvgIpc) is 2.97. The lowest BCUT2D eigenvalue weighted by Gasteiger charge is -2.59. The number of rotatable bonds is 5. The Morgan fingerprint density at radius 3 is 2.45 bits per heavy atom. The summed E-state index contributed by atoms with van der Waals surface area (Å²) < 4.78 is 1.72. The molecule has 0 aliphatic heterocycles. The van der Waals surface area contributed by atoms with Gasteiger partial charge in [0.15, 0.2) is 0 Å². The molecule has 0 aromatic carbocycles. The topological polar surface area (TPSA) is 59.8 Å². The number of hydrogen-bond acceptors (Lipinski definition) is 3. The number of aromatic nitrogens is 3. The van der Waals surface area contributed by atoms with Crippen molar-refractivity contribution in [3.63, 3.8) is 0 Å². The molecule has 1 heterocycles. The van der Waals surface area contributed by atoms with E-state index in [0.717, 1.165) is 17.8 Å². The van der Waals surface area contributed by atoms with Crippen molar-refractivity contribution in [2.75, 3.05) is 0 Å². The Morgan fingerprint density at radius 2 is 1.91 bits per heavy atom. The van der Waals surface area contributed by atoms with Gasteiger partial charge in [-0.2, -0.15) is 5.10 Å². The highest BCUT2D eigenvalue weighted by atomic mass is 16.1. The van der Waals surface area contributed by atoms with Crippen LogP contribution in [0.3, 0.4) is 0 Å². The molecule has 4 fully saturated rings. The molecule has 5 heteroatoms. The van der Waals surface area contributed by atoms with Gasteiger partial charge in [0.05, 0.1) is 6.54 Å². The van der Waals surface area contributed by atoms with E-state index in [-0.39, 0.29) is 5.91 Å². The summed E-state index contributed by atoms with van der Waals surface area (Å²) in [4.78, 5) is 16.2. The number of hydrogen-bond donors (Lipinski definition) is 1. The zero-order valence-corrected chi connectivity index (χ0v) is 13.4. The fourth-order valence-electron chi connectivity index (χ4n) is 5.74. The molecule has 4 aliphatic carbocycles. The quantitative estimate of drug-likeness (QED) is 0.908. The van der Waals surface area contributed by atoms with E-state index in [2.05, 4.69) is 22.3 Å². The minimum atomic E-state index is 0.152. The predicted octanol–water partition coefficient (Wildman–Crippen LogP) is 2.39. The van der Waals surface area contributed by atoms with E-state index in [0.29, 0.717) is 24.4 Å². The van der Waals surface area contributed by atoms with Gasteiger partial charge >= 0.3 is 0 Å². The van der Waals surface area contributed by atoms with Gasteiger partial charge in [-0.3, -0.25) is 9.48 Å². The maximum Gasteiger partial charge on any atom is 0.222 e. The first-order valence-electron chi connectivity index (χ1n) is 8.75. The largest absolute Gasteiger partial charge is 0.353 e. The summed E-state index contributed by atoms with van der Waals surface area (Å²) >= 11 is 0. The molecule has 0 saturated heterocycles.